The number of hydrogen-bond acceptors (Lipinski definition) is 8. The number of halogens is 1. The van der Waals surface area contributed by atoms with Crippen molar-refractivity contribution in [3.05, 3.63) is 53.3 Å². The Labute approximate surface area is 212 Å². The number of benzene rings is 2. The van der Waals surface area contributed by atoms with Crippen LogP contribution in [0.2, 0.25) is 0 Å². The predicted octanol–water partition coefficient (Wildman–Crippen LogP) is 0.600. The van der Waals surface area contributed by atoms with Gasteiger partial charge in [0.05, 0.1) is 30.3 Å². The van der Waals surface area contributed by atoms with Gasteiger partial charge in [0.15, 0.2) is 0 Å². The summed E-state index contributed by atoms with van der Waals surface area (Å²) >= 11 is 0. The van der Waals surface area contributed by atoms with Gasteiger partial charge in [-0.25, -0.2) is 12.8 Å². The molecule has 2 amide bonds. The Morgan fingerprint density at radius 1 is 1.19 bits per heavy atom. The lowest BCUT2D eigenvalue weighted by Crippen LogP contribution is -2.72. The van der Waals surface area contributed by atoms with Gasteiger partial charge < -0.3 is 15.1 Å². The molecule has 0 saturated carbocycles. The molecule has 0 radical (unpaired) electrons. The lowest BCUT2D eigenvalue weighted by atomic mass is 9.95. The maximum absolute atomic E-state index is 13.6. The fourth-order valence-electron chi connectivity index (χ4n) is 4.74. The zero-order chi connectivity index (χ0) is 26.5. The van der Waals surface area contributed by atoms with Crippen LogP contribution in [0.1, 0.15) is 22.0 Å². The maximum atomic E-state index is 13.6. The molecule has 3 atom stereocenters. The molecule has 3 aromatic rings. The van der Waals surface area contributed by atoms with Gasteiger partial charge >= 0.3 is 0 Å². The van der Waals surface area contributed by atoms with E-state index >= 15 is 0 Å². The molecule has 0 bridgehead atoms. The molecule has 3 heterocycles. The lowest BCUT2D eigenvalue weighted by Gasteiger charge is -2.41. The number of furan rings is 1. The van der Waals surface area contributed by atoms with Gasteiger partial charge in [-0.1, -0.05) is 0 Å². The number of carbonyl (C=O) groups excluding carboxylic acids is 2. The highest BCUT2D eigenvalue weighted by molar-refractivity contribution is 7.92. The minimum Gasteiger partial charge on any atom is -0.455 e. The fraction of sp³-hybridized carbons (Fsp3) is 0.333. The summed E-state index contributed by atoms with van der Waals surface area (Å²) in [5.41, 5.74) is 1.89. The lowest BCUT2D eigenvalue weighted by molar-refractivity contribution is -0.127. The third-order valence-corrected chi connectivity index (χ3v) is 7.92. The van der Waals surface area contributed by atoms with E-state index in [1.54, 1.807) is 12.1 Å². The molecule has 2 aromatic carbocycles. The summed E-state index contributed by atoms with van der Waals surface area (Å²) in [5.74, 6) is -0.812. The Morgan fingerprint density at radius 2 is 1.92 bits per heavy atom. The van der Waals surface area contributed by atoms with E-state index in [2.05, 4.69) is 26.6 Å². The molecule has 2 aliphatic rings. The zero-order valence-electron chi connectivity index (χ0n) is 20.4. The average Bonchev–Trinajstić information content (AvgIpc) is 3.25. The van der Waals surface area contributed by atoms with Crippen molar-refractivity contribution < 1.29 is 26.8 Å². The molecule has 13 heteroatoms. The highest BCUT2D eigenvalue weighted by Crippen LogP contribution is 2.40. The molecule has 5 rings (SSSR count). The molecular formula is C24H27FN6O5S. The van der Waals surface area contributed by atoms with E-state index in [-0.39, 0.29) is 29.0 Å². The molecule has 196 valence electrons. The summed E-state index contributed by atoms with van der Waals surface area (Å²) in [5, 5.41) is 15.6. The van der Waals surface area contributed by atoms with Crippen LogP contribution in [0.25, 0.3) is 22.3 Å². The largest absolute Gasteiger partial charge is 0.455 e. The van der Waals surface area contributed by atoms with Gasteiger partial charge in [0.1, 0.15) is 23.2 Å². The normalized spacial score (nSPS) is 21.8. The Morgan fingerprint density at radius 3 is 2.59 bits per heavy atom. The van der Waals surface area contributed by atoms with Crippen LogP contribution in [-0.2, 0) is 14.8 Å². The van der Waals surface area contributed by atoms with Crippen LogP contribution in [0.3, 0.4) is 0 Å². The summed E-state index contributed by atoms with van der Waals surface area (Å²) in [6, 6.07) is 7.74. The highest BCUT2D eigenvalue weighted by Gasteiger charge is 2.39. The van der Waals surface area contributed by atoms with Crippen LogP contribution in [0.5, 0.6) is 0 Å². The van der Waals surface area contributed by atoms with Gasteiger partial charge in [-0.05, 0) is 35.9 Å². The van der Waals surface area contributed by atoms with E-state index in [1.165, 1.54) is 38.4 Å². The molecule has 3 unspecified atom stereocenters. The highest BCUT2D eigenvalue weighted by atomic mass is 32.2. The fourth-order valence-corrected chi connectivity index (χ4v) is 5.26. The Kier molecular flexibility index (Phi) is 6.40. The molecule has 37 heavy (non-hydrogen) atoms. The second-order valence-electron chi connectivity index (χ2n) is 9.03. The van der Waals surface area contributed by atoms with Gasteiger partial charge in [0.2, 0.25) is 15.9 Å². The third-order valence-electron chi connectivity index (χ3n) is 6.73. The average molecular weight is 531 g/mol. The first kappa shape index (κ1) is 25.1. The second-order valence-corrected chi connectivity index (χ2v) is 11.0. The van der Waals surface area contributed by atoms with Gasteiger partial charge in [-0.2, -0.15) is 0 Å². The van der Waals surface area contributed by atoms with E-state index in [0.29, 0.717) is 35.4 Å². The van der Waals surface area contributed by atoms with Crippen LogP contribution in [0.15, 0.2) is 40.8 Å². The molecular weight excluding hydrogens is 503 g/mol. The molecule has 5 N–H and O–H groups in total. The van der Waals surface area contributed by atoms with Crippen molar-refractivity contribution in [1.29, 1.82) is 0 Å². The number of piperazine rings is 1. The minimum atomic E-state index is -3.67. The summed E-state index contributed by atoms with van der Waals surface area (Å²) in [6.07, 6.45) is 0.801. The zero-order valence-corrected chi connectivity index (χ0v) is 21.2. The monoisotopic (exact) mass is 530 g/mol. The van der Waals surface area contributed by atoms with E-state index < -0.39 is 33.8 Å². The number of anilines is 1. The quantitative estimate of drug-likeness (QED) is 0.323. The first-order chi connectivity index (χ1) is 17.6. The summed E-state index contributed by atoms with van der Waals surface area (Å²) in [7, 11) is -0.752. The third kappa shape index (κ3) is 4.55. The summed E-state index contributed by atoms with van der Waals surface area (Å²) < 4.78 is 45.9. The van der Waals surface area contributed by atoms with E-state index in [4.69, 9.17) is 4.42 Å². The first-order valence-electron chi connectivity index (χ1n) is 11.6. The van der Waals surface area contributed by atoms with Crippen molar-refractivity contribution in [2.45, 2.75) is 18.2 Å². The van der Waals surface area contributed by atoms with Crippen LogP contribution < -0.4 is 30.9 Å². The smallest absolute Gasteiger partial charge is 0.255 e. The predicted molar refractivity (Wildman–Crippen MR) is 136 cm³/mol. The summed E-state index contributed by atoms with van der Waals surface area (Å²) in [6.45, 7) is 0.722. The van der Waals surface area contributed by atoms with Gasteiger partial charge in [-0.3, -0.25) is 29.8 Å². The van der Waals surface area contributed by atoms with Crippen molar-refractivity contribution in [2.24, 2.45) is 0 Å². The van der Waals surface area contributed by atoms with E-state index in [1.807, 2.05) is 0 Å². The van der Waals surface area contributed by atoms with Crippen LogP contribution in [0.4, 0.5) is 10.1 Å². The van der Waals surface area contributed by atoms with Crippen molar-refractivity contribution in [3.8, 4) is 11.3 Å². The van der Waals surface area contributed by atoms with Crippen molar-refractivity contribution in [1.82, 2.24) is 26.6 Å². The van der Waals surface area contributed by atoms with Gasteiger partial charge in [-0.15, -0.1) is 0 Å². The SMILES string of the molecule is CNC(=O)c1c(-c2ccc(F)cc2)oc2cc(N(C)S(C)(=O)=O)c(C3CNC4NCNC(=O)C4N3)cc12. The molecule has 11 nitrogen and oxygen atoms in total. The van der Waals surface area contributed by atoms with E-state index in [9.17, 15) is 22.4 Å². The first-order valence-corrected chi connectivity index (χ1v) is 13.5. The molecule has 2 aliphatic heterocycles. The minimum absolute atomic E-state index is 0.187. The Balaban J connectivity index is 1.71. The molecule has 0 aliphatic carbocycles. The van der Waals surface area contributed by atoms with Crippen LogP contribution in [0, 0.1) is 5.82 Å². The second kappa shape index (κ2) is 9.41. The van der Waals surface area contributed by atoms with E-state index in [0.717, 1.165) is 10.6 Å². The number of carbonyl (C=O) groups is 2. The number of sulfonamides is 1. The summed E-state index contributed by atoms with van der Waals surface area (Å²) in [4.78, 5) is 25.5. The standard InChI is InChI=1S/C24H27FN6O5S/c1-26-23(32)19-15-8-14(16-10-27-22-20(30-16)24(33)29-11-28-22)17(31(2)37(3,34)35)9-18(15)36-21(19)12-4-6-13(25)7-5-12/h4-9,16,20,22,27-28,30H,10-11H2,1-3H3,(H,26,32)(H,29,33). The number of fused-ring (bicyclic) bond motifs is 2. The number of nitrogens with zero attached hydrogens (tertiary/aromatic N) is 1. The molecule has 1 aromatic heterocycles. The Bertz CT molecular complexity index is 1490. The number of amides is 2. The van der Waals surface area contributed by atoms with Crippen molar-refractivity contribution in [2.75, 3.05) is 37.9 Å². The van der Waals surface area contributed by atoms with Crippen LogP contribution >= 0.6 is 0 Å². The van der Waals surface area contributed by atoms with Gasteiger partial charge in [0.25, 0.3) is 5.91 Å². The number of nitrogens with one attached hydrogen (secondary N) is 5. The van der Waals surface area contributed by atoms with Crippen molar-refractivity contribution in [3.63, 3.8) is 0 Å². The molecule has 2 fully saturated rings. The molecule has 2 saturated heterocycles. The maximum Gasteiger partial charge on any atom is 0.255 e. The Hall–Kier alpha value is -3.52. The van der Waals surface area contributed by atoms with Crippen molar-refractivity contribution >= 4 is 38.5 Å². The molecule has 0 spiro atoms. The number of hydrogen-bond donors (Lipinski definition) is 5. The number of rotatable bonds is 5. The van der Waals surface area contributed by atoms with Crippen LogP contribution in [-0.4, -0.2) is 66.0 Å². The topological polar surface area (TPSA) is 145 Å². The van der Waals surface area contributed by atoms with Gasteiger partial charge in [0, 0.05) is 43.7 Å².